The summed E-state index contributed by atoms with van der Waals surface area (Å²) in [5.41, 5.74) is 0. The van der Waals surface area contributed by atoms with Crippen LogP contribution in [-0.4, -0.2) is 51.6 Å². The highest BCUT2D eigenvalue weighted by atomic mass is 15.6. The summed E-state index contributed by atoms with van der Waals surface area (Å²) in [6.45, 7) is 0. The fourth-order valence-electron chi connectivity index (χ4n) is 9.93. The molecule has 0 aliphatic heterocycles. The van der Waals surface area contributed by atoms with E-state index < -0.39 is 0 Å². The van der Waals surface area contributed by atoms with Crippen molar-refractivity contribution in [3.63, 3.8) is 0 Å². The van der Waals surface area contributed by atoms with E-state index in [2.05, 4.69) is 4.90 Å². The molecule has 0 aromatic rings. The molecule has 0 saturated heterocycles. The molecule has 0 radical (unpaired) electrons. The fourth-order valence-corrected chi connectivity index (χ4v) is 9.93. The number of nitrogens with zero attached hydrogens (tertiary/aromatic N) is 3. The van der Waals surface area contributed by atoms with Gasteiger partial charge in [-0.2, -0.15) is 0 Å². The summed E-state index contributed by atoms with van der Waals surface area (Å²) < 4.78 is 1.39. The maximum atomic E-state index is 6.09. The Hall–Kier alpha value is -0.570. The van der Waals surface area contributed by atoms with Crippen LogP contribution in [-0.2, 0) is 0 Å². The highest BCUT2D eigenvalue weighted by Gasteiger charge is 2.58. The van der Waals surface area contributed by atoms with E-state index in [0.717, 1.165) is 30.2 Å². The zero-order chi connectivity index (χ0) is 22.8. The summed E-state index contributed by atoms with van der Waals surface area (Å²) in [4.78, 5) is 9.23. The highest BCUT2D eigenvalue weighted by molar-refractivity contribution is 5.75. The third-order valence-electron chi connectivity index (χ3n) is 11.4. The van der Waals surface area contributed by atoms with Gasteiger partial charge < -0.3 is 4.90 Å². The molecule has 6 saturated carbocycles. The van der Waals surface area contributed by atoms with E-state index in [9.17, 15) is 0 Å². The summed E-state index contributed by atoms with van der Waals surface area (Å²) in [6, 6.07) is 4.84. The van der Waals surface area contributed by atoms with Crippen LogP contribution in [0.5, 0.6) is 0 Å². The van der Waals surface area contributed by atoms with Gasteiger partial charge >= 0.3 is 5.96 Å². The van der Waals surface area contributed by atoms with E-state index in [1.807, 2.05) is 0 Å². The smallest absolute Gasteiger partial charge is 0.301 e. The van der Waals surface area contributed by atoms with Crippen LogP contribution in [0.3, 0.4) is 0 Å². The zero-order valence-corrected chi connectivity index (χ0v) is 22.3. The molecule has 0 amide bonds. The minimum Gasteiger partial charge on any atom is -0.305 e. The van der Waals surface area contributed by atoms with Crippen LogP contribution in [0, 0.1) is 0 Å². The standard InChI is InChI=1S/C31H54N3/c1-2-14-25(13-1)32-31(33(26-15-3-4-16-26)27-17-5-6-18-27)34(28-19-7-8-20-28,29-21-9-10-22-29)30-23-11-12-24-30/h25-30H,1-24H2/q+1. The Morgan fingerprint density at radius 1 is 0.441 bits per heavy atom. The Labute approximate surface area is 210 Å². The first-order valence-corrected chi connectivity index (χ1v) is 16.1. The first-order chi connectivity index (χ1) is 16.9. The number of guanidine groups is 1. The summed E-state index contributed by atoms with van der Waals surface area (Å²) in [6.07, 6.45) is 35.0. The van der Waals surface area contributed by atoms with Crippen molar-refractivity contribution in [2.24, 2.45) is 4.99 Å². The summed E-state index contributed by atoms with van der Waals surface area (Å²) in [5, 5.41) is 0. The maximum absolute atomic E-state index is 6.09. The van der Waals surface area contributed by atoms with E-state index in [0.29, 0.717) is 6.04 Å². The van der Waals surface area contributed by atoms with E-state index in [1.54, 1.807) is 5.96 Å². The second-order valence-electron chi connectivity index (χ2n) is 13.3. The first-order valence-electron chi connectivity index (χ1n) is 16.1. The number of quaternary nitrogens is 1. The lowest BCUT2D eigenvalue weighted by Crippen LogP contribution is -2.73. The van der Waals surface area contributed by atoms with Gasteiger partial charge in [-0.1, -0.05) is 38.5 Å². The average Bonchev–Trinajstić information content (AvgIpc) is 3.69. The van der Waals surface area contributed by atoms with Gasteiger partial charge in [0.15, 0.2) is 0 Å². The predicted molar refractivity (Wildman–Crippen MR) is 143 cm³/mol. The molecule has 0 atom stereocenters. The molecule has 6 rings (SSSR count). The van der Waals surface area contributed by atoms with Crippen molar-refractivity contribution in [3.05, 3.63) is 0 Å². The molecule has 192 valence electrons. The Morgan fingerprint density at radius 2 is 0.765 bits per heavy atom. The number of hydrogen-bond donors (Lipinski definition) is 0. The van der Waals surface area contributed by atoms with Crippen molar-refractivity contribution < 1.29 is 4.48 Å². The Bertz CT molecular complexity index is 608. The van der Waals surface area contributed by atoms with E-state index in [1.165, 1.54) is 159 Å². The Morgan fingerprint density at radius 3 is 1.15 bits per heavy atom. The minimum atomic E-state index is 0.627. The summed E-state index contributed by atoms with van der Waals surface area (Å²) >= 11 is 0. The molecular weight excluding hydrogens is 414 g/mol. The van der Waals surface area contributed by atoms with Crippen molar-refractivity contribution in [1.82, 2.24) is 4.90 Å². The van der Waals surface area contributed by atoms with E-state index in [4.69, 9.17) is 4.99 Å². The molecule has 3 nitrogen and oxygen atoms in total. The van der Waals surface area contributed by atoms with Crippen LogP contribution in [0.2, 0.25) is 0 Å². The topological polar surface area (TPSA) is 15.6 Å². The van der Waals surface area contributed by atoms with Gasteiger partial charge in [0, 0.05) is 12.1 Å². The highest BCUT2D eigenvalue weighted by Crippen LogP contribution is 2.48. The van der Waals surface area contributed by atoms with E-state index in [-0.39, 0.29) is 0 Å². The summed E-state index contributed by atoms with van der Waals surface area (Å²) in [7, 11) is 0. The largest absolute Gasteiger partial charge is 0.305 e. The van der Waals surface area contributed by atoms with Gasteiger partial charge in [0.25, 0.3) is 0 Å². The van der Waals surface area contributed by atoms with Gasteiger partial charge in [0.2, 0.25) is 0 Å². The molecule has 6 aliphatic carbocycles. The third-order valence-corrected chi connectivity index (χ3v) is 11.4. The molecule has 0 aromatic carbocycles. The predicted octanol–water partition coefficient (Wildman–Crippen LogP) is 8.12. The van der Waals surface area contributed by atoms with Gasteiger partial charge in [-0.3, -0.25) is 4.48 Å². The number of hydrogen-bond acceptors (Lipinski definition) is 1. The maximum Gasteiger partial charge on any atom is 0.301 e. The number of rotatable bonds is 6. The van der Waals surface area contributed by atoms with Gasteiger partial charge in [-0.05, 0) is 116 Å². The molecule has 6 fully saturated rings. The van der Waals surface area contributed by atoms with Gasteiger partial charge in [0.1, 0.15) is 0 Å². The lowest BCUT2D eigenvalue weighted by Gasteiger charge is -2.55. The minimum absolute atomic E-state index is 0.627. The van der Waals surface area contributed by atoms with Crippen molar-refractivity contribution in [2.45, 2.75) is 190 Å². The first kappa shape index (κ1) is 23.8. The molecule has 0 N–H and O–H groups in total. The molecule has 0 aromatic heterocycles. The molecule has 0 unspecified atom stereocenters. The lowest BCUT2D eigenvalue weighted by atomic mass is 9.95. The molecule has 0 bridgehead atoms. The van der Waals surface area contributed by atoms with Crippen LogP contribution in [0.25, 0.3) is 0 Å². The molecule has 0 heterocycles. The molecule has 6 aliphatic rings. The van der Waals surface area contributed by atoms with Crippen molar-refractivity contribution in [3.8, 4) is 0 Å². The lowest BCUT2D eigenvalue weighted by molar-refractivity contribution is -0.919. The second-order valence-corrected chi connectivity index (χ2v) is 13.3. The van der Waals surface area contributed by atoms with Gasteiger partial charge in [0.05, 0.1) is 24.2 Å². The molecule has 3 heteroatoms. The summed E-state index contributed by atoms with van der Waals surface area (Å²) in [5.74, 6) is 1.72. The monoisotopic (exact) mass is 468 g/mol. The number of aliphatic imine (C=N–C) groups is 1. The fraction of sp³-hybridized carbons (Fsp3) is 0.968. The van der Waals surface area contributed by atoms with E-state index >= 15 is 0 Å². The SMILES string of the molecule is C1CCC(N=C(N(C2CCCC2)C2CCCC2)[N+](C2CCCC2)(C2CCCC2)C2CCCC2)C1. The van der Waals surface area contributed by atoms with Crippen molar-refractivity contribution in [1.29, 1.82) is 0 Å². The Kier molecular flexibility index (Phi) is 7.57. The third kappa shape index (κ3) is 4.39. The molecule has 34 heavy (non-hydrogen) atoms. The average molecular weight is 469 g/mol. The van der Waals surface area contributed by atoms with Gasteiger partial charge in [-0.25, -0.2) is 4.99 Å². The normalized spacial score (nSPS) is 29.9. The van der Waals surface area contributed by atoms with Crippen LogP contribution < -0.4 is 0 Å². The zero-order valence-electron chi connectivity index (χ0n) is 22.3. The van der Waals surface area contributed by atoms with Crippen LogP contribution in [0.15, 0.2) is 4.99 Å². The molecular formula is C31H54N3+. The van der Waals surface area contributed by atoms with Crippen LogP contribution in [0.1, 0.15) is 154 Å². The van der Waals surface area contributed by atoms with Crippen molar-refractivity contribution >= 4 is 5.96 Å². The quantitative estimate of drug-likeness (QED) is 0.218. The van der Waals surface area contributed by atoms with Crippen molar-refractivity contribution in [2.75, 3.05) is 0 Å². The Balaban J connectivity index is 1.51. The van der Waals surface area contributed by atoms with Gasteiger partial charge in [-0.15, -0.1) is 0 Å². The van der Waals surface area contributed by atoms with Crippen LogP contribution in [0.4, 0.5) is 0 Å². The molecule has 0 spiro atoms. The second kappa shape index (κ2) is 10.8. The van der Waals surface area contributed by atoms with Crippen LogP contribution >= 0.6 is 0 Å².